The molecular weight excluding hydrogens is 86.9 g/mol. The smallest absolute Gasteiger partial charge is 0.0902 e. The van der Waals surface area contributed by atoms with Gasteiger partial charge in [0.1, 0.15) is 0 Å². The lowest BCUT2D eigenvalue weighted by molar-refractivity contribution is 0.682. The molecule has 0 bridgehead atoms. The van der Waals surface area contributed by atoms with E-state index in [0.29, 0.717) is 6.54 Å². The van der Waals surface area contributed by atoms with Gasteiger partial charge in [-0.2, -0.15) is 0 Å². The minimum atomic E-state index is 0.0727. The summed E-state index contributed by atoms with van der Waals surface area (Å²) in [6, 6.07) is 0. The van der Waals surface area contributed by atoms with Crippen LogP contribution in [0.4, 0.5) is 0 Å². The summed E-state index contributed by atoms with van der Waals surface area (Å²) in [5.41, 5.74) is 5.16. The van der Waals surface area contributed by atoms with Crippen LogP contribution in [0.5, 0.6) is 0 Å². The van der Waals surface area contributed by atoms with Crippen molar-refractivity contribution in [2.24, 2.45) is 5.73 Å². The highest BCUT2D eigenvalue weighted by Crippen LogP contribution is 1.64. The fourth-order valence-corrected chi connectivity index (χ4v) is 0.311. The first-order valence-electron chi connectivity index (χ1n) is 2.46. The molecule has 0 aliphatic rings. The van der Waals surface area contributed by atoms with Gasteiger partial charge >= 0.3 is 0 Å². The quantitative estimate of drug-likeness (QED) is 0.446. The standard InChI is InChI=1S/C4H11BN2/c1-4(5)7-3-2-6/h4,7H,2-3,6H2,1H3. The number of nitrogens with one attached hydrogen (secondary N) is 1. The Balaban J connectivity index is 2.68. The van der Waals surface area contributed by atoms with Crippen LogP contribution in [0.1, 0.15) is 6.92 Å². The van der Waals surface area contributed by atoms with Crippen LogP contribution in [0.3, 0.4) is 0 Å². The Morgan fingerprint density at radius 1 is 1.86 bits per heavy atom. The number of hydrogen-bond acceptors (Lipinski definition) is 2. The topological polar surface area (TPSA) is 38.0 Å². The van der Waals surface area contributed by atoms with Gasteiger partial charge in [0.05, 0.1) is 7.85 Å². The van der Waals surface area contributed by atoms with Crippen LogP contribution in [-0.4, -0.2) is 26.9 Å². The first kappa shape index (κ1) is 6.98. The van der Waals surface area contributed by atoms with Crippen molar-refractivity contribution in [2.45, 2.75) is 12.9 Å². The van der Waals surface area contributed by atoms with Crippen LogP contribution >= 0.6 is 0 Å². The first-order valence-corrected chi connectivity index (χ1v) is 2.46. The normalized spacial score (nSPS) is 14.0. The molecule has 0 aromatic carbocycles. The summed E-state index contributed by atoms with van der Waals surface area (Å²) in [6.45, 7) is 3.34. The number of hydrogen-bond donors (Lipinski definition) is 2. The maximum absolute atomic E-state index is 5.31. The summed E-state index contributed by atoms with van der Waals surface area (Å²) in [5, 5.41) is 2.95. The van der Waals surface area contributed by atoms with Gasteiger partial charge in [0.2, 0.25) is 0 Å². The molecule has 7 heavy (non-hydrogen) atoms. The Morgan fingerprint density at radius 3 is 2.57 bits per heavy atom. The van der Waals surface area contributed by atoms with Gasteiger partial charge in [-0.25, -0.2) is 0 Å². The highest BCUT2D eigenvalue weighted by molar-refractivity contribution is 6.11. The fourth-order valence-electron chi connectivity index (χ4n) is 0.311. The van der Waals surface area contributed by atoms with Crippen molar-refractivity contribution in [3.63, 3.8) is 0 Å². The van der Waals surface area contributed by atoms with Crippen LogP contribution in [-0.2, 0) is 0 Å². The third-order valence-corrected chi connectivity index (χ3v) is 0.611. The van der Waals surface area contributed by atoms with Crippen molar-refractivity contribution in [3.8, 4) is 0 Å². The molecule has 2 nitrogen and oxygen atoms in total. The predicted octanol–water partition coefficient (Wildman–Crippen LogP) is -0.951. The van der Waals surface area contributed by atoms with Gasteiger partial charge in [0.25, 0.3) is 0 Å². The van der Waals surface area contributed by atoms with E-state index in [-0.39, 0.29) is 5.94 Å². The molecule has 0 amide bonds. The predicted molar refractivity (Wildman–Crippen MR) is 32.3 cm³/mol. The Kier molecular flexibility index (Phi) is 4.14. The molecule has 1 atom stereocenters. The average molecular weight is 98.0 g/mol. The lowest BCUT2D eigenvalue weighted by Gasteiger charge is -2.03. The second kappa shape index (κ2) is 4.15. The number of nitrogens with two attached hydrogens (primary N) is 1. The van der Waals surface area contributed by atoms with Crippen LogP contribution in [0.2, 0.25) is 0 Å². The second-order valence-electron chi connectivity index (χ2n) is 1.53. The molecule has 0 aromatic heterocycles. The SMILES string of the molecule is [B]C(C)NCCN. The molecule has 0 rings (SSSR count). The molecule has 0 aliphatic heterocycles. The zero-order chi connectivity index (χ0) is 5.70. The van der Waals surface area contributed by atoms with Crippen LogP contribution < -0.4 is 11.1 Å². The molecule has 40 valence electrons. The molecule has 1 unspecified atom stereocenters. The Hall–Kier alpha value is -0.0151. The van der Waals surface area contributed by atoms with Gasteiger partial charge in [0, 0.05) is 13.1 Å². The molecule has 0 aliphatic carbocycles. The molecule has 0 aromatic rings. The third-order valence-electron chi connectivity index (χ3n) is 0.611. The molecule has 0 saturated carbocycles. The summed E-state index contributed by atoms with van der Waals surface area (Å²) < 4.78 is 0. The Morgan fingerprint density at radius 2 is 2.43 bits per heavy atom. The van der Waals surface area contributed by atoms with Crippen molar-refractivity contribution < 1.29 is 0 Å². The first-order chi connectivity index (χ1) is 3.27. The maximum Gasteiger partial charge on any atom is 0.0902 e. The molecule has 0 saturated heterocycles. The van der Waals surface area contributed by atoms with Crippen LogP contribution in [0.15, 0.2) is 0 Å². The van der Waals surface area contributed by atoms with E-state index in [1.54, 1.807) is 0 Å². The maximum atomic E-state index is 5.31. The van der Waals surface area contributed by atoms with E-state index < -0.39 is 0 Å². The van der Waals surface area contributed by atoms with E-state index in [9.17, 15) is 0 Å². The molecule has 2 radical (unpaired) electrons. The van der Waals surface area contributed by atoms with E-state index in [0.717, 1.165) is 6.54 Å². The third kappa shape index (κ3) is 5.98. The lowest BCUT2D eigenvalue weighted by atomic mass is 9.99. The van der Waals surface area contributed by atoms with Gasteiger partial charge in [-0.1, -0.05) is 6.92 Å². The minimum absolute atomic E-state index is 0.0727. The molecule has 0 fully saturated rings. The summed E-state index contributed by atoms with van der Waals surface area (Å²) in [5.74, 6) is 0.0727. The summed E-state index contributed by atoms with van der Waals surface area (Å²) in [4.78, 5) is 0. The number of rotatable bonds is 3. The van der Waals surface area contributed by atoms with E-state index in [1.807, 2.05) is 6.92 Å². The van der Waals surface area contributed by atoms with E-state index in [1.165, 1.54) is 0 Å². The zero-order valence-electron chi connectivity index (χ0n) is 4.65. The van der Waals surface area contributed by atoms with Crippen LogP contribution in [0.25, 0.3) is 0 Å². The van der Waals surface area contributed by atoms with E-state index in [4.69, 9.17) is 13.6 Å². The molecule has 0 heterocycles. The van der Waals surface area contributed by atoms with Crippen molar-refractivity contribution in [1.82, 2.24) is 5.32 Å². The Bertz CT molecular complexity index is 38.7. The average Bonchev–Trinajstić information content (AvgIpc) is 1.61. The Labute approximate surface area is 45.9 Å². The fraction of sp³-hybridized carbons (Fsp3) is 1.00. The molecule has 3 N–H and O–H groups in total. The largest absolute Gasteiger partial charge is 0.329 e. The summed E-state index contributed by atoms with van der Waals surface area (Å²) >= 11 is 0. The zero-order valence-corrected chi connectivity index (χ0v) is 4.65. The van der Waals surface area contributed by atoms with E-state index in [2.05, 4.69) is 5.32 Å². The van der Waals surface area contributed by atoms with Crippen LogP contribution in [0, 0.1) is 0 Å². The molecule has 0 spiro atoms. The van der Waals surface area contributed by atoms with Crippen molar-refractivity contribution >= 4 is 7.85 Å². The van der Waals surface area contributed by atoms with Gasteiger partial charge in [-0.15, -0.1) is 0 Å². The van der Waals surface area contributed by atoms with Gasteiger partial charge in [-0.3, -0.25) is 0 Å². The minimum Gasteiger partial charge on any atom is -0.329 e. The van der Waals surface area contributed by atoms with Gasteiger partial charge in [0.15, 0.2) is 0 Å². The lowest BCUT2D eigenvalue weighted by Crippen LogP contribution is -2.30. The molecular formula is C4H11BN2. The van der Waals surface area contributed by atoms with Crippen molar-refractivity contribution in [1.29, 1.82) is 0 Å². The molecule has 3 heteroatoms. The van der Waals surface area contributed by atoms with Gasteiger partial charge < -0.3 is 11.1 Å². The second-order valence-corrected chi connectivity index (χ2v) is 1.53. The highest BCUT2D eigenvalue weighted by Gasteiger charge is 1.85. The van der Waals surface area contributed by atoms with Crippen molar-refractivity contribution in [2.75, 3.05) is 13.1 Å². The van der Waals surface area contributed by atoms with E-state index >= 15 is 0 Å². The monoisotopic (exact) mass is 98.1 g/mol. The highest BCUT2D eigenvalue weighted by atomic mass is 14.9. The van der Waals surface area contributed by atoms with Gasteiger partial charge in [-0.05, 0) is 5.94 Å². The van der Waals surface area contributed by atoms with Crippen molar-refractivity contribution in [3.05, 3.63) is 0 Å². The summed E-state index contributed by atoms with van der Waals surface area (Å²) in [6.07, 6.45) is 0. The summed E-state index contributed by atoms with van der Waals surface area (Å²) in [7, 11) is 5.31.